The highest BCUT2D eigenvalue weighted by Gasteiger charge is 2.26. The number of benzene rings is 1. The first-order valence-corrected chi connectivity index (χ1v) is 8.89. The standard InChI is InChI=1S/C19H27N3O2/c1-21(2)18(23)15-4-3-5-16(12-15)19(24)22-10-8-17(9-11-22)20-13-14-6-7-14/h3-5,12,14,17,20H,6-11,13H2,1-2H3. The van der Waals surface area contributed by atoms with Crippen molar-refractivity contribution < 1.29 is 9.59 Å². The van der Waals surface area contributed by atoms with E-state index in [4.69, 9.17) is 0 Å². The molecule has 2 amide bonds. The number of nitrogens with zero attached hydrogens (tertiary/aromatic N) is 2. The number of nitrogens with one attached hydrogen (secondary N) is 1. The van der Waals surface area contributed by atoms with Gasteiger partial charge >= 0.3 is 0 Å². The van der Waals surface area contributed by atoms with Crippen molar-refractivity contribution in [3.63, 3.8) is 0 Å². The van der Waals surface area contributed by atoms with Crippen molar-refractivity contribution in [3.8, 4) is 0 Å². The quantitative estimate of drug-likeness (QED) is 0.899. The highest BCUT2D eigenvalue weighted by Crippen LogP contribution is 2.28. The molecule has 0 bridgehead atoms. The average molecular weight is 329 g/mol. The van der Waals surface area contributed by atoms with Gasteiger partial charge < -0.3 is 15.1 Å². The van der Waals surface area contributed by atoms with Gasteiger partial charge in [-0.05, 0) is 56.3 Å². The van der Waals surface area contributed by atoms with Crippen molar-refractivity contribution in [2.24, 2.45) is 5.92 Å². The summed E-state index contributed by atoms with van der Waals surface area (Å²) >= 11 is 0. The van der Waals surface area contributed by atoms with Crippen LogP contribution in [0.3, 0.4) is 0 Å². The molecule has 1 aromatic carbocycles. The third kappa shape index (κ3) is 4.15. The number of likely N-dealkylation sites (tertiary alicyclic amines) is 1. The molecule has 0 spiro atoms. The van der Waals surface area contributed by atoms with Crippen molar-refractivity contribution in [1.82, 2.24) is 15.1 Å². The highest BCUT2D eigenvalue weighted by molar-refractivity contribution is 5.99. The molecule has 0 atom stereocenters. The topological polar surface area (TPSA) is 52.7 Å². The van der Waals surface area contributed by atoms with E-state index < -0.39 is 0 Å². The van der Waals surface area contributed by atoms with Crippen LogP contribution in [0.15, 0.2) is 24.3 Å². The molecule has 1 aromatic rings. The summed E-state index contributed by atoms with van der Waals surface area (Å²) in [6, 6.07) is 7.59. The molecule has 2 aliphatic rings. The van der Waals surface area contributed by atoms with E-state index in [1.54, 1.807) is 38.4 Å². The Kier molecular flexibility index (Phi) is 5.19. The minimum Gasteiger partial charge on any atom is -0.345 e. The fraction of sp³-hybridized carbons (Fsp3) is 0.579. The van der Waals surface area contributed by atoms with E-state index in [1.165, 1.54) is 17.7 Å². The molecule has 24 heavy (non-hydrogen) atoms. The molecule has 0 radical (unpaired) electrons. The Morgan fingerprint density at radius 3 is 2.42 bits per heavy atom. The third-order valence-corrected chi connectivity index (χ3v) is 4.94. The van der Waals surface area contributed by atoms with E-state index in [9.17, 15) is 9.59 Å². The van der Waals surface area contributed by atoms with Gasteiger partial charge in [-0.15, -0.1) is 0 Å². The zero-order valence-corrected chi connectivity index (χ0v) is 14.6. The number of carbonyl (C=O) groups excluding carboxylic acids is 2. The summed E-state index contributed by atoms with van der Waals surface area (Å²) in [6.45, 7) is 2.70. The van der Waals surface area contributed by atoms with E-state index in [2.05, 4.69) is 5.32 Å². The van der Waals surface area contributed by atoms with Crippen molar-refractivity contribution >= 4 is 11.8 Å². The summed E-state index contributed by atoms with van der Waals surface area (Å²) in [6.07, 6.45) is 4.75. The summed E-state index contributed by atoms with van der Waals surface area (Å²) in [7, 11) is 3.44. The Morgan fingerprint density at radius 2 is 1.79 bits per heavy atom. The molecule has 0 unspecified atom stereocenters. The van der Waals surface area contributed by atoms with Gasteiger partial charge in [-0.2, -0.15) is 0 Å². The second kappa shape index (κ2) is 7.34. The highest BCUT2D eigenvalue weighted by atomic mass is 16.2. The van der Waals surface area contributed by atoms with Gasteiger partial charge in [0.05, 0.1) is 0 Å². The zero-order chi connectivity index (χ0) is 17.1. The maximum Gasteiger partial charge on any atom is 0.253 e. The number of hydrogen-bond donors (Lipinski definition) is 1. The number of carbonyl (C=O) groups is 2. The molecule has 1 saturated carbocycles. The van der Waals surface area contributed by atoms with Crippen LogP contribution in [-0.4, -0.2) is 61.4 Å². The van der Waals surface area contributed by atoms with Gasteiger partial charge in [-0.25, -0.2) is 0 Å². The molecule has 1 N–H and O–H groups in total. The average Bonchev–Trinajstić information content (AvgIpc) is 3.43. The first kappa shape index (κ1) is 17.0. The molecule has 1 saturated heterocycles. The molecular weight excluding hydrogens is 302 g/mol. The van der Waals surface area contributed by atoms with E-state index >= 15 is 0 Å². The second-order valence-corrected chi connectivity index (χ2v) is 7.20. The van der Waals surface area contributed by atoms with E-state index in [-0.39, 0.29) is 11.8 Å². The van der Waals surface area contributed by atoms with Gasteiger partial charge in [0, 0.05) is 44.4 Å². The molecule has 3 rings (SSSR count). The zero-order valence-electron chi connectivity index (χ0n) is 14.6. The van der Waals surface area contributed by atoms with Crippen molar-refractivity contribution in [1.29, 1.82) is 0 Å². The first-order chi connectivity index (χ1) is 11.5. The van der Waals surface area contributed by atoms with Crippen LogP contribution in [-0.2, 0) is 0 Å². The molecule has 1 aliphatic carbocycles. The number of rotatable bonds is 5. The fourth-order valence-electron chi connectivity index (χ4n) is 3.17. The van der Waals surface area contributed by atoms with Crippen LogP contribution in [0.1, 0.15) is 46.4 Å². The summed E-state index contributed by atoms with van der Waals surface area (Å²) in [5.41, 5.74) is 1.17. The van der Waals surface area contributed by atoms with Crippen LogP contribution in [0.2, 0.25) is 0 Å². The summed E-state index contributed by atoms with van der Waals surface area (Å²) in [4.78, 5) is 28.2. The molecular formula is C19H27N3O2. The van der Waals surface area contributed by atoms with E-state index in [0.29, 0.717) is 17.2 Å². The molecule has 5 nitrogen and oxygen atoms in total. The van der Waals surface area contributed by atoms with Crippen molar-refractivity contribution in [2.75, 3.05) is 33.7 Å². The van der Waals surface area contributed by atoms with E-state index in [1.807, 2.05) is 4.90 Å². The van der Waals surface area contributed by atoms with Gasteiger partial charge in [0.15, 0.2) is 0 Å². The maximum absolute atomic E-state index is 12.7. The maximum atomic E-state index is 12.7. The van der Waals surface area contributed by atoms with E-state index in [0.717, 1.165) is 38.4 Å². The van der Waals surface area contributed by atoms with Gasteiger partial charge in [-0.3, -0.25) is 9.59 Å². The summed E-state index contributed by atoms with van der Waals surface area (Å²) < 4.78 is 0. The first-order valence-electron chi connectivity index (χ1n) is 8.89. The minimum absolute atomic E-state index is 0.0315. The number of hydrogen-bond acceptors (Lipinski definition) is 3. The smallest absolute Gasteiger partial charge is 0.253 e. The van der Waals surface area contributed by atoms with Gasteiger partial charge in [0.25, 0.3) is 11.8 Å². The molecule has 130 valence electrons. The van der Waals surface area contributed by atoms with Crippen LogP contribution in [0, 0.1) is 5.92 Å². The lowest BCUT2D eigenvalue weighted by Gasteiger charge is -2.32. The molecule has 5 heteroatoms. The Hall–Kier alpha value is -1.88. The second-order valence-electron chi connectivity index (χ2n) is 7.20. The molecule has 0 aromatic heterocycles. The number of amides is 2. The summed E-state index contributed by atoms with van der Waals surface area (Å²) in [5.74, 6) is 0.846. The monoisotopic (exact) mass is 329 g/mol. The minimum atomic E-state index is -0.0763. The molecule has 1 aliphatic heterocycles. The Bertz CT molecular complexity index is 602. The predicted octanol–water partition coefficient (Wildman–Crippen LogP) is 1.99. The SMILES string of the molecule is CN(C)C(=O)c1cccc(C(=O)N2CCC(NCC3CC3)CC2)c1. The van der Waals surface area contributed by atoms with Gasteiger partial charge in [-0.1, -0.05) is 6.07 Å². The lowest BCUT2D eigenvalue weighted by molar-refractivity contribution is 0.0705. The Labute approximate surface area is 144 Å². The molecule has 2 fully saturated rings. The normalized spacial score (nSPS) is 18.5. The fourth-order valence-corrected chi connectivity index (χ4v) is 3.17. The van der Waals surface area contributed by atoms with Crippen LogP contribution in [0.5, 0.6) is 0 Å². The lowest BCUT2D eigenvalue weighted by Crippen LogP contribution is -2.45. The van der Waals surface area contributed by atoms with Crippen molar-refractivity contribution in [3.05, 3.63) is 35.4 Å². The van der Waals surface area contributed by atoms with Crippen molar-refractivity contribution in [2.45, 2.75) is 31.7 Å². The Balaban J connectivity index is 1.56. The van der Waals surface area contributed by atoms with Crippen LogP contribution < -0.4 is 5.32 Å². The van der Waals surface area contributed by atoms with Gasteiger partial charge in [0.2, 0.25) is 0 Å². The number of piperidine rings is 1. The Morgan fingerprint density at radius 1 is 1.12 bits per heavy atom. The largest absolute Gasteiger partial charge is 0.345 e. The molecule has 1 heterocycles. The van der Waals surface area contributed by atoms with Crippen LogP contribution in [0.4, 0.5) is 0 Å². The lowest BCUT2D eigenvalue weighted by atomic mass is 10.0. The summed E-state index contributed by atoms with van der Waals surface area (Å²) in [5, 5.41) is 3.63. The third-order valence-electron chi connectivity index (χ3n) is 4.94. The predicted molar refractivity (Wildman–Crippen MR) is 94.1 cm³/mol. The van der Waals surface area contributed by atoms with Crippen LogP contribution >= 0.6 is 0 Å². The van der Waals surface area contributed by atoms with Crippen LogP contribution in [0.25, 0.3) is 0 Å². The van der Waals surface area contributed by atoms with Gasteiger partial charge in [0.1, 0.15) is 0 Å².